The van der Waals surface area contributed by atoms with E-state index < -0.39 is 11.1 Å². The molecule has 0 aliphatic heterocycles. The second-order valence-corrected chi connectivity index (χ2v) is 7.15. The molecule has 0 saturated heterocycles. The molecule has 4 rings (SSSR count). The van der Waals surface area contributed by atoms with Crippen LogP contribution in [0.15, 0.2) is 101 Å². The highest BCUT2D eigenvalue weighted by Crippen LogP contribution is 2.40. The highest BCUT2D eigenvalue weighted by molar-refractivity contribution is 7.71. The zero-order valence-corrected chi connectivity index (χ0v) is 16.8. The number of nitrogens with zero attached hydrogens (tertiary/aromatic N) is 1. The van der Waals surface area contributed by atoms with Crippen molar-refractivity contribution >= 4 is 18.4 Å². The molecule has 0 amide bonds. The summed E-state index contributed by atoms with van der Waals surface area (Å²) < 4.78 is 0.0510. The summed E-state index contributed by atoms with van der Waals surface area (Å²) in [5, 5.41) is 10.2. The minimum Gasteiger partial charge on any atom is -0.494 e. The van der Waals surface area contributed by atoms with E-state index in [1.807, 2.05) is 91.0 Å². The Morgan fingerprint density at radius 1 is 0.767 bits per heavy atom. The third kappa shape index (κ3) is 3.60. The average Bonchev–Trinajstić information content (AvgIpc) is 2.78. The number of rotatable bonds is 5. The molecule has 5 nitrogen and oxygen atoms in total. The van der Waals surface area contributed by atoms with Crippen molar-refractivity contribution < 1.29 is 5.11 Å². The van der Waals surface area contributed by atoms with Crippen LogP contribution in [0.2, 0.25) is 0 Å². The smallest absolute Gasteiger partial charge is 0.264 e. The van der Waals surface area contributed by atoms with Gasteiger partial charge in [0.15, 0.2) is 4.77 Å². The molecule has 0 unspecified atom stereocenters. The van der Waals surface area contributed by atoms with E-state index >= 15 is 0 Å². The van der Waals surface area contributed by atoms with Gasteiger partial charge in [-0.3, -0.25) is 14.8 Å². The van der Waals surface area contributed by atoms with Gasteiger partial charge in [0.1, 0.15) is 11.1 Å². The third-order valence-corrected chi connectivity index (χ3v) is 5.12. The second kappa shape index (κ2) is 8.31. The van der Waals surface area contributed by atoms with Crippen molar-refractivity contribution in [3.8, 4) is 5.88 Å². The van der Waals surface area contributed by atoms with Gasteiger partial charge in [0, 0.05) is 6.21 Å². The molecule has 0 saturated carbocycles. The van der Waals surface area contributed by atoms with E-state index in [-0.39, 0.29) is 16.2 Å². The normalized spacial score (nSPS) is 11.6. The standard InChI is InChI=1S/C24H19N3O2S/c28-21-20(22(29)27-23(30)26-21)16-25-24(17-10-4-1-5-11-17,18-12-6-2-7-13-18)19-14-8-3-9-15-19/h1-16H,(H3,26,27,28,29,30). The van der Waals surface area contributed by atoms with Crippen LogP contribution in [0.25, 0.3) is 0 Å². The third-order valence-electron chi connectivity index (χ3n) is 4.92. The number of H-pyrrole nitrogens is 2. The van der Waals surface area contributed by atoms with E-state index in [4.69, 9.17) is 17.2 Å². The first-order valence-electron chi connectivity index (χ1n) is 9.38. The van der Waals surface area contributed by atoms with Gasteiger partial charge in [-0.15, -0.1) is 0 Å². The maximum Gasteiger partial charge on any atom is 0.264 e. The molecule has 0 aliphatic carbocycles. The summed E-state index contributed by atoms with van der Waals surface area (Å²) >= 11 is 4.92. The number of hydrogen-bond donors (Lipinski definition) is 3. The number of aromatic nitrogens is 2. The van der Waals surface area contributed by atoms with Crippen molar-refractivity contribution in [3.63, 3.8) is 0 Å². The van der Waals surface area contributed by atoms with Crippen LogP contribution in [0, 0.1) is 4.77 Å². The predicted molar refractivity (Wildman–Crippen MR) is 121 cm³/mol. The molecule has 0 bridgehead atoms. The summed E-state index contributed by atoms with van der Waals surface area (Å²) in [5.74, 6) is -0.324. The van der Waals surface area contributed by atoms with Crippen LogP contribution >= 0.6 is 12.2 Å². The van der Waals surface area contributed by atoms with Gasteiger partial charge in [0.25, 0.3) is 5.56 Å². The van der Waals surface area contributed by atoms with Crippen LogP contribution < -0.4 is 5.56 Å². The molecule has 0 spiro atoms. The molecule has 1 aromatic heterocycles. The fourth-order valence-electron chi connectivity index (χ4n) is 3.53. The first-order valence-corrected chi connectivity index (χ1v) is 9.79. The van der Waals surface area contributed by atoms with Gasteiger partial charge in [-0.2, -0.15) is 0 Å². The fraction of sp³-hybridized carbons (Fsp3) is 0.0417. The highest BCUT2D eigenvalue weighted by Gasteiger charge is 2.35. The Hall–Kier alpha value is -3.77. The highest BCUT2D eigenvalue weighted by atomic mass is 32.1. The van der Waals surface area contributed by atoms with Crippen LogP contribution in [-0.4, -0.2) is 21.3 Å². The van der Waals surface area contributed by atoms with Gasteiger partial charge in [-0.05, 0) is 28.9 Å². The molecular formula is C24H19N3O2S. The minimum absolute atomic E-state index is 0.00997. The van der Waals surface area contributed by atoms with Gasteiger partial charge < -0.3 is 10.1 Å². The first-order chi connectivity index (χ1) is 14.6. The SMILES string of the molecule is O=c1[nH]c(=S)[nH]c(O)c1C=NC(c1ccccc1)(c1ccccc1)c1ccccc1. The zero-order valence-electron chi connectivity index (χ0n) is 15.9. The number of hydrogen-bond acceptors (Lipinski definition) is 4. The summed E-state index contributed by atoms with van der Waals surface area (Å²) in [5.41, 5.74) is 1.36. The molecule has 3 N–H and O–H groups in total. The van der Waals surface area contributed by atoms with Crippen molar-refractivity contribution in [2.75, 3.05) is 0 Å². The second-order valence-electron chi connectivity index (χ2n) is 6.74. The van der Waals surface area contributed by atoms with E-state index in [0.717, 1.165) is 16.7 Å². The lowest BCUT2D eigenvalue weighted by Crippen LogP contribution is -2.28. The summed E-state index contributed by atoms with van der Waals surface area (Å²) in [7, 11) is 0. The predicted octanol–water partition coefficient (Wildman–Crippen LogP) is 4.55. The minimum atomic E-state index is -0.921. The maximum absolute atomic E-state index is 12.4. The van der Waals surface area contributed by atoms with Crippen molar-refractivity contribution in [2.24, 2.45) is 4.99 Å². The molecule has 0 radical (unpaired) electrons. The molecule has 6 heteroatoms. The molecule has 148 valence electrons. The van der Waals surface area contributed by atoms with E-state index in [1.54, 1.807) is 0 Å². The van der Waals surface area contributed by atoms with Gasteiger partial charge in [-0.1, -0.05) is 91.0 Å². The Bertz CT molecular complexity index is 1180. The number of aliphatic imine (C=N–C) groups is 1. The monoisotopic (exact) mass is 413 g/mol. The van der Waals surface area contributed by atoms with Crippen molar-refractivity contribution in [2.45, 2.75) is 5.54 Å². The lowest BCUT2D eigenvalue weighted by atomic mass is 9.77. The Balaban J connectivity index is 2.03. The molecule has 30 heavy (non-hydrogen) atoms. The summed E-state index contributed by atoms with van der Waals surface area (Å²) in [6, 6.07) is 29.6. The molecule has 0 atom stereocenters. The lowest BCUT2D eigenvalue weighted by molar-refractivity contribution is 0.449. The van der Waals surface area contributed by atoms with Crippen LogP contribution in [0.3, 0.4) is 0 Å². The quantitative estimate of drug-likeness (QED) is 0.255. The number of nitrogens with one attached hydrogen (secondary N) is 2. The maximum atomic E-state index is 12.4. The van der Waals surface area contributed by atoms with Gasteiger partial charge in [-0.25, -0.2) is 0 Å². The van der Waals surface area contributed by atoms with E-state index in [9.17, 15) is 9.90 Å². The van der Waals surface area contributed by atoms with Crippen LogP contribution in [0.1, 0.15) is 22.3 Å². The van der Waals surface area contributed by atoms with E-state index in [1.165, 1.54) is 6.21 Å². The Kier molecular flexibility index (Phi) is 5.41. The number of aromatic amines is 2. The van der Waals surface area contributed by atoms with Crippen LogP contribution in [-0.2, 0) is 5.54 Å². The topological polar surface area (TPSA) is 81.2 Å². The lowest BCUT2D eigenvalue weighted by Gasteiger charge is -2.32. The largest absolute Gasteiger partial charge is 0.494 e. The fourth-order valence-corrected chi connectivity index (χ4v) is 3.72. The number of benzene rings is 3. The summed E-state index contributed by atoms with van der Waals surface area (Å²) in [6.45, 7) is 0. The first kappa shape index (κ1) is 19.5. The molecule has 3 aromatic carbocycles. The molecule has 4 aromatic rings. The van der Waals surface area contributed by atoms with Crippen molar-refractivity contribution in [1.29, 1.82) is 0 Å². The zero-order chi connectivity index (χ0) is 21.0. The van der Waals surface area contributed by atoms with Crippen LogP contribution in [0.4, 0.5) is 0 Å². The molecule has 1 heterocycles. The summed E-state index contributed by atoms with van der Waals surface area (Å²) in [6.07, 6.45) is 1.40. The average molecular weight is 414 g/mol. The number of aromatic hydroxyl groups is 1. The molecule has 0 fully saturated rings. The van der Waals surface area contributed by atoms with E-state index in [0.29, 0.717) is 0 Å². The van der Waals surface area contributed by atoms with E-state index in [2.05, 4.69) is 9.97 Å². The van der Waals surface area contributed by atoms with Crippen LogP contribution in [0.5, 0.6) is 5.88 Å². The van der Waals surface area contributed by atoms with Gasteiger partial charge >= 0.3 is 0 Å². The van der Waals surface area contributed by atoms with Gasteiger partial charge in [0.2, 0.25) is 5.88 Å². The van der Waals surface area contributed by atoms with Gasteiger partial charge in [0.05, 0.1) is 0 Å². The Labute approximate surface area is 178 Å². The molecular weight excluding hydrogens is 394 g/mol. The van der Waals surface area contributed by atoms with Crippen molar-refractivity contribution in [3.05, 3.63) is 128 Å². The Morgan fingerprint density at radius 2 is 1.20 bits per heavy atom. The van der Waals surface area contributed by atoms with Crippen molar-refractivity contribution in [1.82, 2.24) is 9.97 Å². The Morgan fingerprint density at radius 3 is 1.60 bits per heavy atom. The molecule has 0 aliphatic rings. The summed E-state index contributed by atoms with van der Waals surface area (Å²) in [4.78, 5) is 22.4.